The SMILES string of the molecule is Clc1ccc(Cl)c(CSCc2ccccc2Cl)n1. The summed E-state index contributed by atoms with van der Waals surface area (Å²) in [7, 11) is 0. The minimum atomic E-state index is 0.466. The molecule has 0 spiro atoms. The van der Waals surface area contributed by atoms with E-state index in [0.717, 1.165) is 22.0 Å². The summed E-state index contributed by atoms with van der Waals surface area (Å²) in [6.07, 6.45) is 0. The maximum atomic E-state index is 6.09. The largest absolute Gasteiger partial charge is 0.239 e. The van der Waals surface area contributed by atoms with Gasteiger partial charge in [-0.1, -0.05) is 53.0 Å². The van der Waals surface area contributed by atoms with Gasteiger partial charge in [-0.2, -0.15) is 11.8 Å². The van der Waals surface area contributed by atoms with E-state index in [1.807, 2.05) is 24.3 Å². The fourth-order valence-corrected chi connectivity index (χ4v) is 3.12. The van der Waals surface area contributed by atoms with E-state index in [4.69, 9.17) is 34.8 Å². The number of thioether (sulfide) groups is 1. The second-order valence-electron chi connectivity index (χ2n) is 3.65. The normalized spacial score (nSPS) is 10.6. The Morgan fingerprint density at radius 2 is 1.67 bits per heavy atom. The van der Waals surface area contributed by atoms with Gasteiger partial charge in [0.25, 0.3) is 0 Å². The molecule has 5 heteroatoms. The standard InChI is InChI=1S/C13H10Cl3NS/c14-10-4-2-1-3-9(10)7-18-8-12-11(15)5-6-13(16)17-12/h1-6H,7-8H2. The molecule has 0 bridgehead atoms. The van der Waals surface area contributed by atoms with E-state index in [-0.39, 0.29) is 0 Å². The monoisotopic (exact) mass is 317 g/mol. The van der Waals surface area contributed by atoms with Gasteiger partial charge in [0, 0.05) is 16.5 Å². The highest BCUT2D eigenvalue weighted by Gasteiger charge is 2.05. The minimum Gasteiger partial charge on any atom is -0.239 e. The number of hydrogen-bond acceptors (Lipinski definition) is 2. The zero-order valence-corrected chi connectivity index (χ0v) is 12.5. The summed E-state index contributed by atoms with van der Waals surface area (Å²) >= 11 is 19.7. The Hall–Kier alpha value is -0.410. The molecule has 0 aliphatic carbocycles. The van der Waals surface area contributed by atoms with Crippen LogP contribution < -0.4 is 0 Å². The number of pyridine rings is 1. The summed E-state index contributed by atoms with van der Waals surface area (Å²) < 4.78 is 0. The molecule has 1 heterocycles. The second kappa shape index (κ2) is 6.67. The number of rotatable bonds is 4. The number of halogens is 3. The predicted molar refractivity (Wildman–Crippen MR) is 80.7 cm³/mol. The van der Waals surface area contributed by atoms with E-state index in [2.05, 4.69) is 4.98 Å². The molecule has 0 radical (unpaired) electrons. The van der Waals surface area contributed by atoms with Crippen molar-refractivity contribution in [1.29, 1.82) is 0 Å². The van der Waals surface area contributed by atoms with E-state index in [1.54, 1.807) is 23.9 Å². The van der Waals surface area contributed by atoms with Crippen LogP contribution in [0.25, 0.3) is 0 Å². The maximum absolute atomic E-state index is 6.09. The lowest BCUT2D eigenvalue weighted by Gasteiger charge is -2.05. The van der Waals surface area contributed by atoms with Crippen LogP contribution in [0.15, 0.2) is 36.4 Å². The predicted octanol–water partition coefficient (Wildman–Crippen LogP) is 5.48. The van der Waals surface area contributed by atoms with Crippen molar-refractivity contribution in [3.63, 3.8) is 0 Å². The molecule has 2 rings (SSSR count). The molecule has 94 valence electrons. The van der Waals surface area contributed by atoms with E-state index >= 15 is 0 Å². The van der Waals surface area contributed by atoms with Crippen LogP contribution in [-0.2, 0) is 11.5 Å². The zero-order chi connectivity index (χ0) is 13.0. The van der Waals surface area contributed by atoms with Crippen molar-refractivity contribution in [3.8, 4) is 0 Å². The molecule has 0 aliphatic rings. The van der Waals surface area contributed by atoms with E-state index in [9.17, 15) is 0 Å². The summed E-state index contributed by atoms with van der Waals surface area (Å²) in [5, 5.41) is 1.90. The summed E-state index contributed by atoms with van der Waals surface area (Å²) in [4.78, 5) is 4.21. The number of benzene rings is 1. The molecule has 0 fully saturated rings. The van der Waals surface area contributed by atoms with Gasteiger partial charge in [-0.3, -0.25) is 0 Å². The first kappa shape index (κ1) is 14.0. The van der Waals surface area contributed by atoms with E-state index in [0.29, 0.717) is 15.9 Å². The van der Waals surface area contributed by atoms with Crippen molar-refractivity contribution in [2.45, 2.75) is 11.5 Å². The highest BCUT2D eigenvalue weighted by atomic mass is 35.5. The minimum absolute atomic E-state index is 0.466. The van der Waals surface area contributed by atoms with E-state index < -0.39 is 0 Å². The highest BCUT2D eigenvalue weighted by molar-refractivity contribution is 7.97. The van der Waals surface area contributed by atoms with Gasteiger partial charge in [0.15, 0.2) is 0 Å². The molecule has 1 nitrogen and oxygen atoms in total. The molecule has 0 N–H and O–H groups in total. The molecule has 18 heavy (non-hydrogen) atoms. The summed E-state index contributed by atoms with van der Waals surface area (Å²) in [6.45, 7) is 0. The molecule has 2 aromatic rings. The van der Waals surface area contributed by atoms with Crippen molar-refractivity contribution in [2.75, 3.05) is 0 Å². The fraction of sp³-hybridized carbons (Fsp3) is 0.154. The molecule has 0 amide bonds. The first-order chi connectivity index (χ1) is 8.66. The van der Waals surface area contributed by atoms with Crippen LogP contribution in [0.4, 0.5) is 0 Å². The Bertz CT molecular complexity index is 546. The fourth-order valence-electron chi connectivity index (χ4n) is 1.43. The second-order valence-corrected chi connectivity index (χ2v) is 5.83. The molecule has 0 saturated carbocycles. The summed E-state index contributed by atoms with van der Waals surface area (Å²) in [5.74, 6) is 1.54. The lowest BCUT2D eigenvalue weighted by Crippen LogP contribution is -1.90. The van der Waals surface area contributed by atoms with Gasteiger partial charge in [0.2, 0.25) is 0 Å². The third-order valence-electron chi connectivity index (χ3n) is 2.34. The van der Waals surface area contributed by atoms with Gasteiger partial charge in [0.1, 0.15) is 5.15 Å². The van der Waals surface area contributed by atoms with Crippen LogP contribution in [0.2, 0.25) is 15.2 Å². The Morgan fingerprint density at radius 3 is 2.44 bits per heavy atom. The van der Waals surface area contributed by atoms with Crippen molar-refractivity contribution in [3.05, 3.63) is 62.9 Å². The van der Waals surface area contributed by atoms with Crippen LogP contribution >= 0.6 is 46.6 Å². The number of nitrogens with zero attached hydrogens (tertiary/aromatic N) is 1. The molecule has 1 aromatic heterocycles. The van der Waals surface area contributed by atoms with Crippen LogP contribution in [0.5, 0.6) is 0 Å². The lowest BCUT2D eigenvalue weighted by molar-refractivity contribution is 1.17. The van der Waals surface area contributed by atoms with E-state index in [1.165, 1.54) is 0 Å². The van der Waals surface area contributed by atoms with Gasteiger partial charge < -0.3 is 0 Å². The molecule has 0 aliphatic heterocycles. The van der Waals surface area contributed by atoms with Gasteiger partial charge in [-0.15, -0.1) is 0 Å². The van der Waals surface area contributed by atoms with Crippen molar-refractivity contribution >= 4 is 46.6 Å². The Kier molecular flexibility index (Phi) is 5.19. The smallest absolute Gasteiger partial charge is 0.129 e. The number of aromatic nitrogens is 1. The molecule has 0 atom stereocenters. The third-order valence-corrected chi connectivity index (χ3v) is 4.25. The zero-order valence-electron chi connectivity index (χ0n) is 9.37. The molecular formula is C13H10Cl3NS. The quantitative estimate of drug-likeness (QED) is 0.693. The molecule has 0 saturated heterocycles. The topological polar surface area (TPSA) is 12.9 Å². The Balaban J connectivity index is 1.96. The molecule has 0 unspecified atom stereocenters. The van der Waals surface area contributed by atoms with Crippen molar-refractivity contribution in [2.24, 2.45) is 0 Å². The molecular weight excluding hydrogens is 309 g/mol. The van der Waals surface area contributed by atoms with Gasteiger partial charge in [0.05, 0.1) is 10.7 Å². The Labute approximate surface area is 125 Å². The van der Waals surface area contributed by atoms with Crippen molar-refractivity contribution in [1.82, 2.24) is 4.98 Å². The van der Waals surface area contributed by atoms with Crippen LogP contribution in [0, 0.1) is 0 Å². The van der Waals surface area contributed by atoms with Gasteiger partial charge in [-0.05, 0) is 23.8 Å². The summed E-state index contributed by atoms with van der Waals surface area (Å²) in [5.41, 5.74) is 1.92. The molecule has 1 aromatic carbocycles. The average molecular weight is 319 g/mol. The number of hydrogen-bond donors (Lipinski definition) is 0. The third kappa shape index (κ3) is 3.79. The van der Waals surface area contributed by atoms with Crippen LogP contribution in [-0.4, -0.2) is 4.98 Å². The first-order valence-electron chi connectivity index (χ1n) is 5.29. The Morgan fingerprint density at radius 1 is 0.889 bits per heavy atom. The summed E-state index contributed by atoms with van der Waals surface area (Å²) in [6, 6.07) is 11.3. The van der Waals surface area contributed by atoms with Gasteiger partial charge >= 0.3 is 0 Å². The average Bonchev–Trinajstić information content (AvgIpc) is 2.36. The van der Waals surface area contributed by atoms with Gasteiger partial charge in [-0.25, -0.2) is 4.98 Å². The highest BCUT2D eigenvalue weighted by Crippen LogP contribution is 2.26. The van der Waals surface area contributed by atoms with Crippen molar-refractivity contribution < 1.29 is 0 Å². The lowest BCUT2D eigenvalue weighted by atomic mass is 10.2. The van der Waals surface area contributed by atoms with Crippen LogP contribution in [0.1, 0.15) is 11.3 Å². The maximum Gasteiger partial charge on any atom is 0.129 e. The first-order valence-corrected chi connectivity index (χ1v) is 7.58. The van der Waals surface area contributed by atoms with Crippen LogP contribution in [0.3, 0.4) is 0 Å².